The van der Waals surface area contributed by atoms with Gasteiger partial charge in [-0.15, -0.1) is 0 Å². The van der Waals surface area contributed by atoms with Gasteiger partial charge in [-0.05, 0) is 32.4 Å². The van der Waals surface area contributed by atoms with Gasteiger partial charge >= 0.3 is 0 Å². The van der Waals surface area contributed by atoms with Crippen LogP contribution in [0.15, 0.2) is 21.3 Å². The Morgan fingerprint density at radius 1 is 1.47 bits per heavy atom. The molecule has 1 atom stereocenters. The molecule has 2 aromatic heterocycles. The molecule has 2 rings (SSSR count). The minimum Gasteiger partial charge on any atom is -0.469 e. The standard InChI is InChI=1S/C12H17N3O2/c1-8(4-3-6-13)12-14-11(15-17-12)10-5-7-16-9(10)2/h5,7-8H,3-4,6,13H2,1-2H3. The predicted octanol–water partition coefficient (Wildman–Crippen LogP) is 2.48. The molecule has 5 heteroatoms. The van der Waals surface area contributed by atoms with Crippen LogP contribution >= 0.6 is 0 Å². The molecule has 0 amide bonds. The van der Waals surface area contributed by atoms with E-state index in [1.54, 1.807) is 6.26 Å². The number of hydrogen-bond acceptors (Lipinski definition) is 5. The van der Waals surface area contributed by atoms with E-state index in [4.69, 9.17) is 14.7 Å². The molecule has 0 aliphatic rings. The highest BCUT2D eigenvalue weighted by atomic mass is 16.5. The first-order chi connectivity index (χ1) is 8.22. The van der Waals surface area contributed by atoms with E-state index in [1.165, 1.54) is 0 Å². The molecule has 0 fully saturated rings. The molecule has 0 aliphatic heterocycles. The van der Waals surface area contributed by atoms with Crippen LogP contribution in [0.5, 0.6) is 0 Å². The fraction of sp³-hybridized carbons (Fsp3) is 0.500. The van der Waals surface area contributed by atoms with Crippen molar-refractivity contribution in [1.82, 2.24) is 10.1 Å². The van der Waals surface area contributed by atoms with Gasteiger partial charge in [0.05, 0.1) is 11.8 Å². The lowest BCUT2D eigenvalue weighted by molar-refractivity contribution is 0.352. The molecule has 17 heavy (non-hydrogen) atoms. The molecular formula is C12H17N3O2. The number of aryl methyl sites for hydroxylation is 1. The molecular weight excluding hydrogens is 218 g/mol. The Kier molecular flexibility index (Phi) is 3.58. The quantitative estimate of drug-likeness (QED) is 0.861. The second-order valence-corrected chi connectivity index (χ2v) is 4.18. The lowest BCUT2D eigenvalue weighted by Crippen LogP contribution is -2.02. The topological polar surface area (TPSA) is 78.1 Å². The first kappa shape index (κ1) is 11.9. The maximum Gasteiger partial charge on any atom is 0.229 e. The van der Waals surface area contributed by atoms with Crippen molar-refractivity contribution < 1.29 is 8.94 Å². The predicted molar refractivity (Wildman–Crippen MR) is 63.4 cm³/mol. The summed E-state index contributed by atoms with van der Waals surface area (Å²) in [5.41, 5.74) is 6.36. The monoisotopic (exact) mass is 235 g/mol. The van der Waals surface area contributed by atoms with Crippen molar-refractivity contribution in [2.45, 2.75) is 32.6 Å². The lowest BCUT2D eigenvalue weighted by atomic mass is 10.1. The minimum atomic E-state index is 0.243. The zero-order chi connectivity index (χ0) is 12.3. The summed E-state index contributed by atoms with van der Waals surface area (Å²) in [5, 5.41) is 3.97. The van der Waals surface area contributed by atoms with E-state index >= 15 is 0 Å². The van der Waals surface area contributed by atoms with Crippen LogP contribution in [-0.4, -0.2) is 16.7 Å². The van der Waals surface area contributed by atoms with E-state index in [0.717, 1.165) is 24.2 Å². The van der Waals surface area contributed by atoms with Crippen molar-refractivity contribution in [3.05, 3.63) is 24.0 Å². The summed E-state index contributed by atoms with van der Waals surface area (Å²) in [6, 6.07) is 1.84. The van der Waals surface area contributed by atoms with Gasteiger partial charge in [-0.1, -0.05) is 12.1 Å². The number of nitrogens with two attached hydrogens (primary N) is 1. The Bertz CT molecular complexity index is 476. The summed E-state index contributed by atoms with van der Waals surface area (Å²) in [6.45, 7) is 4.63. The van der Waals surface area contributed by atoms with Crippen molar-refractivity contribution in [3.63, 3.8) is 0 Å². The van der Waals surface area contributed by atoms with Crippen LogP contribution in [0.3, 0.4) is 0 Å². The Labute approximate surface area is 100.0 Å². The van der Waals surface area contributed by atoms with E-state index in [2.05, 4.69) is 17.1 Å². The molecule has 0 aromatic carbocycles. The SMILES string of the molecule is Cc1occc1-c1noc(C(C)CCCN)n1. The first-order valence-electron chi connectivity index (χ1n) is 5.80. The number of nitrogens with zero attached hydrogens (tertiary/aromatic N) is 2. The fourth-order valence-corrected chi connectivity index (χ4v) is 1.71. The Balaban J connectivity index is 2.13. The fourth-order valence-electron chi connectivity index (χ4n) is 1.71. The molecule has 2 N–H and O–H groups in total. The van der Waals surface area contributed by atoms with Crippen LogP contribution in [0.25, 0.3) is 11.4 Å². The third kappa shape index (κ3) is 2.55. The number of furan rings is 1. The highest BCUT2D eigenvalue weighted by Crippen LogP contribution is 2.24. The third-order valence-corrected chi connectivity index (χ3v) is 2.80. The van der Waals surface area contributed by atoms with Gasteiger partial charge in [-0.3, -0.25) is 0 Å². The number of rotatable bonds is 5. The van der Waals surface area contributed by atoms with Crippen molar-refractivity contribution in [3.8, 4) is 11.4 Å². The van der Waals surface area contributed by atoms with Gasteiger partial charge < -0.3 is 14.7 Å². The lowest BCUT2D eigenvalue weighted by Gasteiger charge is -2.03. The third-order valence-electron chi connectivity index (χ3n) is 2.80. The van der Waals surface area contributed by atoms with Gasteiger partial charge in [-0.25, -0.2) is 0 Å². The van der Waals surface area contributed by atoms with Gasteiger partial charge in [0, 0.05) is 5.92 Å². The van der Waals surface area contributed by atoms with Gasteiger partial charge in [0.2, 0.25) is 11.7 Å². The van der Waals surface area contributed by atoms with Crippen LogP contribution in [0.4, 0.5) is 0 Å². The molecule has 2 heterocycles. The largest absolute Gasteiger partial charge is 0.469 e. The second kappa shape index (κ2) is 5.14. The summed E-state index contributed by atoms with van der Waals surface area (Å²) in [7, 11) is 0. The zero-order valence-corrected chi connectivity index (χ0v) is 10.1. The smallest absolute Gasteiger partial charge is 0.229 e. The van der Waals surface area contributed by atoms with E-state index in [1.807, 2.05) is 13.0 Å². The van der Waals surface area contributed by atoms with Crippen molar-refractivity contribution in [1.29, 1.82) is 0 Å². The Hall–Kier alpha value is -1.62. The average molecular weight is 235 g/mol. The van der Waals surface area contributed by atoms with Gasteiger partial charge in [0.25, 0.3) is 0 Å². The number of hydrogen-bond donors (Lipinski definition) is 1. The van der Waals surface area contributed by atoms with Crippen LogP contribution in [-0.2, 0) is 0 Å². The van der Waals surface area contributed by atoms with E-state index in [0.29, 0.717) is 18.3 Å². The molecule has 92 valence electrons. The molecule has 0 spiro atoms. The maximum absolute atomic E-state index is 5.48. The number of aromatic nitrogens is 2. The van der Waals surface area contributed by atoms with E-state index in [-0.39, 0.29) is 5.92 Å². The summed E-state index contributed by atoms with van der Waals surface area (Å²) in [5.74, 6) is 2.29. The van der Waals surface area contributed by atoms with Crippen molar-refractivity contribution >= 4 is 0 Å². The zero-order valence-electron chi connectivity index (χ0n) is 10.1. The summed E-state index contributed by atoms with van der Waals surface area (Å²) >= 11 is 0. The van der Waals surface area contributed by atoms with Crippen LogP contribution < -0.4 is 5.73 Å². The molecule has 0 bridgehead atoms. The summed E-state index contributed by atoms with van der Waals surface area (Å²) in [6.07, 6.45) is 3.55. The Morgan fingerprint density at radius 2 is 2.29 bits per heavy atom. The van der Waals surface area contributed by atoms with Gasteiger partial charge in [0.1, 0.15) is 5.76 Å². The van der Waals surface area contributed by atoms with Crippen molar-refractivity contribution in [2.75, 3.05) is 6.54 Å². The van der Waals surface area contributed by atoms with Crippen LogP contribution in [0.1, 0.15) is 37.3 Å². The molecule has 5 nitrogen and oxygen atoms in total. The summed E-state index contributed by atoms with van der Waals surface area (Å²) < 4.78 is 10.5. The van der Waals surface area contributed by atoms with E-state index < -0.39 is 0 Å². The first-order valence-corrected chi connectivity index (χ1v) is 5.80. The van der Waals surface area contributed by atoms with Crippen LogP contribution in [0, 0.1) is 6.92 Å². The molecule has 2 aromatic rings. The Morgan fingerprint density at radius 3 is 2.94 bits per heavy atom. The van der Waals surface area contributed by atoms with E-state index in [9.17, 15) is 0 Å². The summed E-state index contributed by atoms with van der Waals surface area (Å²) in [4.78, 5) is 4.39. The van der Waals surface area contributed by atoms with Gasteiger partial charge in [0.15, 0.2) is 0 Å². The van der Waals surface area contributed by atoms with Crippen LogP contribution in [0.2, 0.25) is 0 Å². The highest BCUT2D eigenvalue weighted by molar-refractivity contribution is 5.56. The van der Waals surface area contributed by atoms with Crippen molar-refractivity contribution in [2.24, 2.45) is 5.73 Å². The van der Waals surface area contributed by atoms with Gasteiger partial charge in [-0.2, -0.15) is 4.98 Å². The maximum atomic E-state index is 5.48. The molecule has 0 saturated heterocycles. The highest BCUT2D eigenvalue weighted by Gasteiger charge is 2.16. The molecule has 1 unspecified atom stereocenters. The normalized spacial score (nSPS) is 12.9. The molecule has 0 saturated carbocycles. The minimum absolute atomic E-state index is 0.243. The average Bonchev–Trinajstić information content (AvgIpc) is 2.93. The second-order valence-electron chi connectivity index (χ2n) is 4.18. The molecule has 0 aliphatic carbocycles. The molecule has 0 radical (unpaired) electrons.